The lowest BCUT2D eigenvalue weighted by Crippen LogP contribution is -2.51. The number of nitrogens with two attached hydrogens (primary N) is 1. The Labute approximate surface area is 143 Å². The van der Waals surface area contributed by atoms with Crippen molar-refractivity contribution in [1.29, 1.82) is 0 Å². The topological polar surface area (TPSA) is 55.6 Å². The van der Waals surface area contributed by atoms with Crippen LogP contribution in [0.2, 0.25) is 0 Å². The summed E-state index contributed by atoms with van der Waals surface area (Å²) in [5, 5.41) is 0. The van der Waals surface area contributed by atoms with Gasteiger partial charge in [0.15, 0.2) is 0 Å². The quantitative estimate of drug-likeness (QED) is 0.937. The first kappa shape index (κ1) is 16.5. The van der Waals surface area contributed by atoms with Gasteiger partial charge in [-0.05, 0) is 38.0 Å². The third-order valence-electron chi connectivity index (χ3n) is 4.13. The van der Waals surface area contributed by atoms with E-state index in [-0.39, 0.29) is 5.91 Å². The average molecular weight is 324 g/mol. The predicted molar refractivity (Wildman–Crippen MR) is 96.3 cm³/mol. The minimum absolute atomic E-state index is 0.0690. The van der Waals surface area contributed by atoms with E-state index in [9.17, 15) is 4.79 Å². The van der Waals surface area contributed by atoms with Crippen molar-refractivity contribution >= 4 is 11.6 Å². The van der Waals surface area contributed by atoms with Gasteiger partial charge in [-0.15, -0.1) is 0 Å². The van der Waals surface area contributed by atoms with Gasteiger partial charge in [0.05, 0.1) is 5.69 Å². The summed E-state index contributed by atoms with van der Waals surface area (Å²) in [5.41, 5.74) is 8.55. The van der Waals surface area contributed by atoms with Crippen molar-refractivity contribution in [3.63, 3.8) is 0 Å². The molecule has 2 N–H and O–H groups in total. The summed E-state index contributed by atoms with van der Waals surface area (Å²) in [6.07, 6.45) is 0.275. The van der Waals surface area contributed by atoms with Crippen LogP contribution in [0.3, 0.4) is 0 Å². The number of nitrogens with zero attached hydrogens (tertiary/aromatic N) is 1. The molecular formula is C20H24N2O2. The van der Waals surface area contributed by atoms with E-state index in [0.717, 1.165) is 23.4 Å². The smallest absolute Gasteiger partial charge is 0.272 e. The molecule has 4 nitrogen and oxygen atoms in total. The van der Waals surface area contributed by atoms with Gasteiger partial charge in [-0.3, -0.25) is 4.79 Å². The van der Waals surface area contributed by atoms with Gasteiger partial charge in [0.1, 0.15) is 5.75 Å². The molecule has 2 aromatic carbocycles. The van der Waals surface area contributed by atoms with Gasteiger partial charge in [0.25, 0.3) is 5.91 Å². The number of hydrogen-bond acceptors (Lipinski definition) is 3. The van der Waals surface area contributed by atoms with Crippen LogP contribution in [0.25, 0.3) is 0 Å². The number of rotatable bonds is 4. The molecule has 0 aromatic heterocycles. The van der Waals surface area contributed by atoms with Crippen molar-refractivity contribution in [2.24, 2.45) is 5.73 Å². The highest BCUT2D eigenvalue weighted by molar-refractivity contribution is 6.00. The minimum Gasteiger partial charge on any atom is -0.474 e. The summed E-state index contributed by atoms with van der Waals surface area (Å²) in [7, 11) is 0. The van der Waals surface area contributed by atoms with Gasteiger partial charge in [-0.2, -0.15) is 0 Å². The number of ether oxygens (including phenoxy) is 1. The molecule has 4 heteroatoms. The van der Waals surface area contributed by atoms with Crippen molar-refractivity contribution < 1.29 is 9.53 Å². The summed E-state index contributed by atoms with van der Waals surface area (Å²) >= 11 is 0. The number of amides is 1. The standard InChI is InChI=1S/C20H24N2O2/c1-4-14-10-11-17-16(12-14)22(13-20(2,3)21)19(23)18(24-17)15-8-6-5-7-9-15/h5-12,18H,4,13,21H2,1-3H3. The number of fused-ring (bicyclic) bond motifs is 1. The largest absolute Gasteiger partial charge is 0.474 e. The molecule has 0 spiro atoms. The molecule has 126 valence electrons. The highest BCUT2D eigenvalue weighted by Gasteiger charge is 2.37. The van der Waals surface area contributed by atoms with Gasteiger partial charge in [-0.25, -0.2) is 0 Å². The fourth-order valence-corrected chi connectivity index (χ4v) is 2.94. The average Bonchev–Trinajstić information content (AvgIpc) is 2.56. The summed E-state index contributed by atoms with van der Waals surface area (Å²) in [4.78, 5) is 14.9. The molecule has 1 heterocycles. The van der Waals surface area contributed by atoms with Crippen LogP contribution in [0, 0.1) is 0 Å². The SMILES string of the molecule is CCc1ccc2c(c1)N(CC(C)(C)N)C(=O)C(c1ccccc1)O2. The third-order valence-corrected chi connectivity index (χ3v) is 4.13. The van der Waals surface area contributed by atoms with E-state index in [1.165, 1.54) is 5.56 Å². The first-order valence-electron chi connectivity index (χ1n) is 8.34. The zero-order valence-corrected chi connectivity index (χ0v) is 14.5. The molecule has 3 rings (SSSR count). The molecule has 1 aliphatic heterocycles. The Morgan fingerprint density at radius 1 is 1.17 bits per heavy atom. The van der Waals surface area contributed by atoms with Crippen LogP contribution in [0.4, 0.5) is 5.69 Å². The Kier molecular flexibility index (Phi) is 4.33. The van der Waals surface area contributed by atoms with Crippen molar-refractivity contribution in [3.05, 3.63) is 59.7 Å². The zero-order valence-electron chi connectivity index (χ0n) is 14.5. The molecule has 1 unspecified atom stereocenters. The molecule has 1 amide bonds. The maximum Gasteiger partial charge on any atom is 0.272 e. The first-order chi connectivity index (χ1) is 11.4. The van der Waals surface area contributed by atoms with Crippen LogP contribution >= 0.6 is 0 Å². The lowest BCUT2D eigenvalue weighted by atomic mass is 10.0. The summed E-state index contributed by atoms with van der Waals surface area (Å²) in [5.74, 6) is 0.658. The number of carbonyl (C=O) groups is 1. The molecule has 1 aliphatic rings. The molecule has 0 aliphatic carbocycles. The van der Waals surface area contributed by atoms with E-state index in [0.29, 0.717) is 6.54 Å². The van der Waals surface area contributed by atoms with E-state index in [2.05, 4.69) is 6.92 Å². The van der Waals surface area contributed by atoms with Crippen LogP contribution in [0.1, 0.15) is 38.0 Å². The molecular weight excluding hydrogens is 300 g/mol. The number of carbonyl (C=O) groups excluding carboxylic acids is 1. The van der Waals surface area contributed by atoms with E-state index in [1.54, 1.807) is 4.90 Å². The number of anilines is 1. The van der Waals surface area contributed by atoms with Crippen LogP contribution in [-0.2, 0) is 11.2 Å². The molecule has 24 heavy (non-hydrogen) atoms. The minimum atomic E-state index is -0.631. The maximum atomic E-state index is 13.1. The molecule has 1 atom stereocenters. The number of hydrogen-bond donors (Lipinski definition) is 1. The van der Waals surface area contributed by atoms with Crippen molar-refractivity contribution in [2.75, 3.05) is 11.4 Å². The van der Waals surface area contributed by atoms with Crippen molar-refractivity contribution in [3.8, 4) is 5.75 Å². The fraction of sp³-hybridized carbons (Fsp3) is 0.350. The van der Waals surface area contributed by atoms with E-state index < -0.39 is 11.6 Å². The second kappa shape index (κ2) is 6.29. The van der Waals surface area contributed by atoms with Crippen LogP contribution < -0.4 is 15.4 Å². The van der Waals surface area contributed by atoms with Crippen LogP contribution in [-0.4, -0.2) is 18.0 Å². The summed E-state index contributed by atoms with van der Waals surface area (Å²) in [6, 6.07) is 15.6. The lowest BCUT2D eigenvalue weighted by molar-refractivity contribution is -0.126. The van der Waals surface area contributed by atoms with Crippen molar-refractivity contribution in [1.82, 2.24) is 0 Å². The number of aryl methyl sites for hydroxylation is 1. The van der Waals surface area contributed by atoms with Crippen LogP contribution in [0.15, 0.2) is 48.5 Å². The van der Waals surface area contributed by atoms with Gasteiger partial charge in [-0.1, -0.05) is 43.3 Å². The summed E-state index contributed by atoms with van der Waals surface area (Å²) < 4.78 is 6.04. The fourth-order valence-electron chi connectivity index (χ4n) is 2.94. The molecule has 0 radical (unpaired) electrons. The molecule has 0 saturated heterocycles. The maximum absolute atomic E-state index is 13.1. The highest BCUT2D eigenvalue weighted by atomic mass is 16.5. The normalized spacial score (nSPS) is 17.4. The Hall–Kier alpha value is -2.33. The van der Waals surface area contributed by atoms with Crippen molar-refractivity contribution in [2.45, 2.75) is 38.8 Å². The summed E-state index contributed by atoms with van der Waals surface area (Å²) in [6.45, 7) is 6.39. The van der Waals surface area contributed by atoms with E-state index in [1.807, 2.05) is 62.4 Å². The Bertz CT molecular complexity index is 735. The first-order valence-corrected chi connectivity index (χ1v) is 8.34. The highest BCUT2D eigenvalue weighted by Crippen LogP contribution is 2.40. The number of benzene rings is 2. The second-order valence-corrected chi connectivity index (χ2v) is 6.98. The van der Waals surface area contributed by atoms with Gasteiger partial charge in [0, 0.05) is 17.6 Å². The molecule has 2 aromatic rings. The zero-order chi connectivity index (χ0) is 17.3. The molecule has 0 bridgehead atoms. The van der Waals surface area contributed by atoms with Crippen LogP contribution in [0.5, 0.6) is 5.75 Å². The van der Waals surface area contributed by atoms with E-state index >= 15 is 0 Å². The lowest BCUT2D eigenvalue weighted by Gasteiger charge is -2.38. The monoisotopic (exact) mass is 324 g/mol. The Balaban J connectivity index is 2.06. The van der Waals surface area contributed by atoms with Gasteiger partial charge < -0.3 is 15.4 Å². The van der Waals surface area contributed by atoms with E-state index in [4.69, 9.17) is 10.5 Å². The Morgan fingerprint density at radius 3 is 2.50 bits per heavy atom. The predicted octanol–water partition coefficient (Wildman–Crippen LogP) is 3.45. The third kappa shape index (κ3) is 3.29. The molecule has 0 fully saturated rings. The Morgan fingerprint density at radius 2 is 1.88 bits per heavy atom. The van der Waals surface area contributed by atoms with Gasteiger partial charge >= 0.3 is 0 Å². The van der Waals surface area contributed by atoms with Gasteiger partial charge in [0.2, 0.25) is 6.10 Å². The second-order valence-electron chi connectivity index (χ2n) is 6.98. The molecule has 0 saturated carbocycles.